The summed E-state index contributed by atoms with van der Waals surface area (Å²) in [7, 11) is 0. The van der Waals surface area contributed by atoms with Crippen LogP contribution >= 0.6 is 0 Å². The molecule has 0 aromatic heterocycles. The standard InChI is InChI=1S/C10H16O10/c11-2-4-6(14)7(15)8(16)10(20-4)19-3(9(17)18)1-5(12)13/h3-4,6-8,10-11,14-16H,1-2H2,(H,12,13)(H,17,18)/t3-,4?,6+,7-,8?,10+/m0/s1. The Kier molecular flexibility index (Phi) is 5.80. The minimum absolute atomic E-state index is 0.707. The Bertz CT molecular complexity index is 356. The van der Waals surface area contributed by atoms with Crippen LogP contribution in [0.2, 0.25) is 0 Å². The second kappa shape index (κ2) is 6.92. The van der Waals surface area contributed by atoms with E-state index in [0.29, 0.717) is 0 Å². The summed E-state index contributed by atoms with van der Waals surface area (Å²) in [6.07, 6.45) is -10.8. The molecule has 1 aliphatic rings. The van der Waals surface area contributed by atoms with Gasteiger partial charge in [-0.2, -0.15) is 0 Å². The van der Waals surface area contributed by atoms with Gasteiger partial charge in [-0.1, -0.05) is 0 Å². The van der Waals surface area contributed by atoms with Gasteiger partial charge in [0.05, 0.1) is 13.0 Å². The van der Waals surface area contributed by atoms with Crippen molar-refractivity contribution in [2.45, 2.75) is 43.2 Å². The monoisotopic (exact) mass is 296 g/mol. The molecular formula is C10H16O10. The molecule has 20 heavy (non-hydrogen) atoms. The molecule has 2 unspecified atom stereocenters. The van der Waals surface area contributed by atoms with Gasteiger partial charge in [-0.15, -0.1) is 0 Å². The highest BCUT2D eigenvalue weighted by molar-refractivity contribution is 5.79. The largest absolute Gasteiger partial charge is 0.481 e. The van der Waals surface area contributed by atoms with Gasteiger partial charge in [-0.25, -0.2) is 4.79 Å². The third-order valence-electron chi connectivity index (χ3n) is 2.78. The topological polar surface area (TPSA) is 174 Å². The summed E-state index contributed by atoms with van der Waals surface area (Å²) in [6, 6.07) is 0. The zero-order valence-electron chi connectivity index (χ0n) is 10.2. The lowest BCUT2D eigenvalue weighted by molar-refractivity contribution is -0.310. The molecule has 1 fully saturated rings. The van der Waals surface area contributed by atoms with Crippen molar-refractivity contribution in [3.8, 4) is 0 Å². The molecule has 1 rings (SSSR count). The lowest BCUT2D eigenvalue weighted by Crippen LogP contribution is -2.60. The maximum Gasteiger partial charge on any atom is 0.333 e. The SMILES string of the molecule is O=C(O)C[C@H](O[C@@H]1OC(CO)[C@@H](O)[C@H](O)C1O)C(=O)O. The third kappa shape index (κ3) is 3.85. The van der Waals surface area contributed by atoms with Gasteiger partial charge >= 0.3 is 11.9 Å². The number of aliphatic carboxylic acids is 2. The minimum Gasteiger partial charge on any atom is -0.481 e. The Morgan fingerprint density at radius 2 is 1.70 bits per heavy atom. The normalized spacial score (nSPS) is 35.5. The quantitative estimate of drug-likeness (QED) is 0.292. The molecule has 0 saturated carbocycles. The van der Waals surface area contributed by atoms with Gasteiger partial charge in [0.2, 0.25) is 0 Å². The summed E-state index contributed by atoms with van der Waals surface area (Å²) in [5.41, 5.74) is 0. The van der Waals surface area contributed by atoms with Crippen LogP contribution in [-0.4, -0.2) is 86.0 Å². The van der Waals surface area contributed by atoms with Crippen LogP contribution in [0.5, 0.6) is 0 Å². The molecule has 1 aliphatic heterocycles. The van der Waals surface area contributed by atoms with Crippen LogP contribution in [0.15, 0.2) is 0 Å². The lowest BCUT2D eigenvalue weighted by Gasteiger charge is -2.40. The van der Waals surface area contributed by atoms with Crippen LogP contribution in [0.4, 0.5) is 0 Å². The zero-order chi connectivity index (χ0) is 15.4. The van der Waals surface area contributed by atoms with E-state index in [-0.39, 0.29) is 0 Å². The molecule has 10 nitrogen and oxygen atoms in total. The van der Waals surface area contributed by atoms with Gasteiger partial charge in [0.15, 0.2) is 12.4 Å². The Labute approximate surface area is 112 Å². The molecule has 6 N–H and O–H groups in total. The van der Waals surface area contributed by atoms with Gasteiger partial charge in [0, 0.05) is 0 Å². The van der Waals surface area contributed by atoms with Crippen LogP contribution in [-0.2, 0) is 19.1 Å². The van der Waals surface area contributed by atoms with Crippen LogP contribution in [0.3, 0.4) is 0 Å². The van der Waals surface area contributed by atoms with Crippen LogP contribution < -0.4 is 0 Å². The second-order valence-electron chi connectivity index (χ2n) is 4.26. The van der Waals surface area contributed by atoms with Gasteiger partial charge in [0.25, 0.3) is 0 Å². The van der Waals surface area contributed by atoms with Crippen LogP contribution in [0, 0.1) is 0 Å². The average Bonchev–Trinajstić information content (AvgIpc) is 2.37. The van der Waals surface area contributed by atoms with Crippen molar-refractivity contribution >= 4 is 11.9 Å². The van der Waals surface area contributed by atoms with E-state index >= 15 is 0 Å². The Morgan fingerprint density at radius 1 is 1.10 bits per heavy atom. The summed E-state index contributed by atoms with van der Waals surface area (Å²) in [6.45, 7) is -0.707. The Hall–Kier alpha value is -1.30. The molecule has 0 aromatic carbocycles. The van der Waals surface area contributed by atoms with E-state index < -0.39 is 61.8 Å². The molecule has 0 radical (unpaired) electrons. The van der Waals surface area contributed by atoms with Gasteiger partial charge in [-0.05, 0) is 0 Å². The van der Waals surface area contributed by atoms with Crippen molar-refractivity contribution in [3.05, 3.63) is 0 Å². The number of rotatable bonds is 6. The smallest absolute Gasteiger partial charge is 0.333 e. The van der Waals surface area contributed by atoms with E-state index in [2.05, 4.69) is 0 Å². The first-order valence-electron chi connectivity index (χ1n) is 5.68. The number of carboxylic acids is 2. The third-order valence-corrected chi connectivity index (χ3v) is 2.78. The van der Waals surface area contributed by atoms with Crippen molar-refractivity contribution in [3.63, 3.8) is 0 Å². The Balaban J connectivity index is 2.77. The molecule has 0 spiro atoms. The first-order chi connectivity index (χ1) is 9.27. The van der Waals surface area contributed by atoms with E-state index in [4.69, 9.17) is 24.8 Å². The summed E-state index contributed by atoms with van der Waals surface area (Å²) in [5, 5.41) is 54.8. The minimum atomic E-state index is -1.81. The maximum atomic E-state index is 10.8. The highest BCUT2D eigenvalue weighted by Crippen LogP contribution is 2.23. The van der Waals surface area contributed by atoms with E-state index in [0.717, 1.165) is 0 Å². The van der Waals surface area contributed by atoms with Gasteiger partial charge in [-0.3, -0.25) is 4.79 Å². The number of aliphatic hydroxyl groups is 4. The molecular weight excluding hydrogens is 280 g/mol. The summed E-state index contributed by atoms with van der Waals surface area (Å²) in [4.78, 5) is 21.3. The number of aliphatic hydroxyl groups excluding tert-OH is 4. The highest BCUT2D eigenvalue weighted by atomic mass is 16.7. The van der Waals surface area contributed by atoms with Crippen molar-refractivity contribution in [1.82, 2.24) is 0 Å². The molecule has 10 heteroatoms. The van der Waals surface area contributed by atoms with Crippen molar-refractivity contribution in [2.24, 2.45) is 0 Å². The van der Waals surface area contributed by atoms with E-state index in [1.807, 2.05) is 0 Å². The van der Waals surface area contributed by atoms with Gasteiger partial charge in [0.1, 0.15) is 24.4 Å². The Morgan fingerprint density at radius 3 is 2.15 bits per heavy atom. The predicted octanol–water partition coefficient (Wildman–Crippen LogP) is -3.27. The first kappa shape index (κ1) is 16.8. The predicted molar refractivity (Wildman–Crippen MR) is 58.5 cm³/mol. The number of hydrogen-bond donors (Lipinski definition) is 6. The highest BCUT2D eigenvalue weighted by Gasteiger charge is 2.45. The lowest BCUT2D eigenvalue weighted by atomic mass is 9.99. The molecule has 1 heterocycles. The second-order valence-corrected chi connectivity index (χ2v) is 4.26. The summed E-state index contributed by atoms with van der Waals surface area (Å²) in [5.74, 6) is -3.04. The summed E-state index contributed by atoms with van der Waals surface area (Å²) < 4.78 is 9.70. The molecule has 116 valence electrons. The molecule has 6 atom stereocenters. The fourth-order valence-electron chi connectivity index (χ4n) is 1.69. The van der Waals surface area contributed by atoms with Crippen LogP contribution in [0.1, 0.15) is 6.42 Å². The van der Waals surface area contributed by atoms with Crippen LogP contribution in [0.25, 0.3) is 0 Å². The molecule has 1 saturated heterocycles. The molecule has 0 aliphatic carbocycles. The number of hydrogen-bond acceptors (Lipinski definition) is 8. The van der Waals surface area contributed by atoms with E-state index in [1.54, 1.807) is 0 Å². The van der Waals surface area contributed by atoms with E-state index in [9.17, 15) is 24.9 Å². The summed E-state index contributed by atoms with van der Waals surface area (Å²) >= 11 is 0. The first-order valence-corrected chi connectivity index (χ1v) is 5.68. The van der Waals surface area contributed by atoms with Crippen molar-refractivity contribution < 1.29 is 49.7 Å². The number of carboxylic acid groups (broad SMARTS) is 2. The van der Waals surface area contributed by atoms with Gasteiger partial charge < -0.3 is 40.1 Å². The fourth-order valence-corrected chi connectivity index (χ4v) is 1.69. The average molecular weight is 296 g/mol. The number of ether oxygens (including phenoxy) is 2. The molecule has 0 bridgehead atoms. The zero-order valence-corrected chi connectivity index (χ0v) is 10.2. The molecule has 0 aromatic rings. The number of carbonyl (C=O) groups is 2. The maximum absolute atomic E-state index is 10.8. The fraction of sp³-hybridized carbons (Fsp3) is 0.800. The van der Waals surface area contributed by atoms with Crippen molar-refractivity contribution in [1.29, 1.82) is 0 Å². The van der Waals surface area contributed by atoms with E-state index in [1.165, 1.54) is 0 Å². The van der Waals surface area contributed by atoms with Crippen molar-refractivity contribution in [2.75, 3.05) is 6.61 Å². The molecule has 0 amide bonds.